The van der Waals surface area contributed by atoms with Crippen molar-refractivity contribution >= 4 is 15.7 Å². The van der Waals surface area contributed by atoms with E-state index in [-0.39, 0.29) is 10.9 Å². The Labute approximate surface area is 186 Å². The fraction of sp³-hybridized carbons (Fsp3) is 0.500. The van der Waals surface area contributed by atoms with Crippen molar-refractivity contribution in [2.24, 2.45) is 0 Å². The molecular weight excluding hydrogens is 410 g/mol. The van der Waals surface area contributed by atoms with Crippen LogP contribution in [0.1, 0.15) is 42.0 Å². The van der Waals surface area contributed by atoms with Crippen molar-refractivity contribution in [1.29, 1.82) is 0 Å². The first-order valence-electron chi connectivity index (χ1n) is 11.1. The third-order valence-corrected chi connectivity index (χ3v) is 7.94. The average Bonchev–Trinajstić information content (AvgIpc) is 3.28. The van der Waals surface area contributed by atoms with Crippen molar-refractivity contribution in [2.75, 3.05) is 45.2 Å². The molecule has 2 aromatic rings. The van der Waals surface area contributed by atoms with Crippen LogP contribution in [0.2, 0.25) is 0 Å². The lowest BCUT2D eigenvalue weighted by Gasteiger charge is -2.32. The molecule has 0 aromatic heterocycles. The summed E-state index contributed by atoms with van der Waals surface area (Å²) in [5, 5.41) is 0. The normalized spacial score (nSPS) is 18.1. The van der Waals surface area contributed by atoms with E-state index in [0.717, 1.165) is 50.9 Å². The van der Waals surface area contributed by atoms with Gasteiger partial charge in [-0.2, -0.15) is 0 Å². The second kappa shape index (κ2) is 9.18. The van der Waals surface area contributed by atoms with E-state index in [1.807, 2.05) is 13.0 Å². The number of nitrogens with one attached hydrogen (secondary N) is 1. The Balaban J connectivity index is 1.61. The minimum absolute atomic E-state index is 0.0191. The van der Waals surface area contributed by atoms with E-state index >= 15 is 0 Å². The van der Waals surface area contributed by atoms with Crippen LogP contribution in [0.15, 0.2) is 41.3 Å². The van der Waals surface area contributed by atoms with E-state index in [2.05, 4.69) is 39.8 Å². The van der Waals surface area contributed by atoms with E-state index in [4.69, 9.17) is 4.74 Å². The van der Waals surface area contributed by atoms with Gasteiger partial charge in [0, 0.05) is 31.9 Å². The minimum Gasteiger partial charge on any atom is -0.495 e. The highest BCUT2D eigenvalue weighted by atomic mass is 32.2. The highest BCUT2D eigenvalue weighted by molar-refractivity contribution is 7.89. The molecule has 168 valence electrons. The van der Waals surface area contributed by atoms with Gasteiger partial charge >= 0.3 is 0 Å². The van der Waals surface area contributed by atoms with Gasteiger partial charge in [0.1, 0.15) is 10.6 Å². The molecule has 1 saturated heterocycles. The maximum atomic E-state index is 13.2. The Morgan fingerprint density at radius 2 is 1.84 bits per heavy atom. The SMILES string of the molecule is COc1ccc(C)cc1S(=O)(=O)NC[C@@H](c1ccc2c(c1)CCCN2C)N1CCCC1. The van der Waals surface area contributed by atoms with Gasteiger partial charge in [-0.05, 0) is 80.6 Å². The lowest BCUT2D eigenvalue weighted by molar-refractivity contribution is 0.246. The molecule has 31 heavy (non-hydrogen) atoms. The summed E-state index contributed by atoms with van der Waals surface area (Å²) >= 11 is 0. The van der Waals surface area contributed by atoms with E-state index in [9.17, 15) is 8.42 Å². The van der Waals surface area contributed by atoms with Gasteiger partial charge in [-0.3, -0.25) is 4.90 Å². The van der Waals surface area contributed by atoms with E-state index in [1.54, 1.807) is 12.1 Å². The third kappa shape index (κ3) is 4.73. The van der Waals surface area contributed by atoms with Crippen molar-refractivity contribution in [3.8, 4) is 5.75 Å². The number of methoxy groups -OCH3 is 1. The number of benzene rings is 2. The molecule has 0 amide bonds. The van der Waals surface area contributed by atoms with Gasteiger partial charge in [-0.1, -0.05) is 18.2 Å². The smallest absolute Gasteiger partial charge is 0.244 e. The van der Waals surface area contributed by atoms with Gasteiger partial charge in [-0.25, -0.2) is 13.1 Å². The van der Waals surface area contributed by atoms with Crippen LogP contribution in [0.5, 0.6) is 5.75 Å². The molecule has 0 unspecified atom stereocenters. The number of aryl methyl sites for hydroxylation is 2. The fourth-order valence-corrected chi connectivity index (χ4v) is 6.07. The third-order valence-electron chi connectivity index (χ3n) is 6.50. The number of sulfonamides is 1. The largest absolute Gasteiger partial charge is 0.495 e. The maximum absolute atomic E-state index is 13.2. The van der Waals surface area contributed by atoms with E-state index in [0.29, 0.717) is 12.3 Å². The summed E-state index contributed by atoms with van der Waals surface area (Å²) in [6.07, 6.45) is 4.54. The number of nitrogens with zero attached hydrogens (tertiary/aromatic N) is 2. The van der Waals surface area contributed by atoms with Crippen LogP contribution < -0.4 is 14.4 Å². The van der Waals surface area contributed by atoms with Crippen LogP contribution in [0, 0.1) is 6.92 Å². The molecule has 0 aliphatic carbocycles. The number of likely N-dealkylation sites (tertiary alicyclic amines) is 1. The Bertz CT molecular complexity index is 1030. The molecule has 0 spiro atoms. The molecule has 4 rings (SSSR count). The average molecular weight is 444 g/mol. The van der Waals surface area contributed by atoms with Crippen LogP contribution in [0.3, 0.4) is 0 Å². The summed E-state index contributed by atoms with van der Waals surface area (Å²) < 4.78 is 34.5. The summed E-state index contributed by atoms with van der Waals surface area (Å²) in [4.78, 5) is 4.91. The van der Waals surface area contributed by atoms with Gasteiger partial charge < -0.3 is 9.64 Å². The second-order valence-electron chi connectivity index (χ2n) is 8.68. The summed E-state index contributed by atoms with van der Waals surface area (Å²) in [6.45, 7) is 5.30. The Hall–Kier alpha value is -2.09. The van der Waals surface area contributed by atoms with Crippen LogP contribution in [-0.4, -0.2) is 53.7 Å². The van der Waals surface area contributed by atoms with E-state index in [1.165, 1.54) is 23.9 Å². The minimum atomic E-state index is -3.69. The van der Waals surface area contributed by atoms with Crippen LogP contribution >= 0.6 is 0 Å². The molecule has 0 bridgehead atoms. The number of fused-ring (bicyclic) bond motifs is 1. The Kier molecular flexibility index (Phi) is 6.55. The molecule has 2 aromatic carbocycles. The molecule has 6 nitrogen and oxygen atoms in total. The van der Waals surface area contributed by atoms with Crippen LogP contribution in [0.4, 0.5) is 5.69 Å². The van der Waals surface area contributed by atoms with Gasteiger partial charge in [0.25, 0.3) is 0 Å². The Morgan fingerprint density at radius 1 is 1.06 bits per heavy atom. The van der Waals surface area contributed by atoms with Gasteiger partial charge in [0.15, 0.2) is 0 Å². The number of hydrogen-bond acceptors (Lipinski definition) is 5. The quantitative estimate of drug-likeness (QED) is 0.710. The zero-order valence-corrected chi connectivity index (χ0v) is 19.5. The molecular formula is C24H33N3O3S. The highest BCUT2D eigenvalue weighted by Gasteiger charge is 2.28. The van der Waals surface area contributed by atoms with Gasteiger partial charge in [0.05, 0.1) is 7.11 Å². The molecule has 1 N–H and O–H groups in total. The van der Waals surface area contributed by atoms with Crippen LogP contribution in [0.25, 0.3) is 0 Å². The van der Waals surface area contributed by atoms with Crippen molar-refractivity contribution < 1.29 is 13.2 Å². The summed E-state index contributed by atoms with van der Waals surface area (Å²) in [7, 11) is -0.0554. The monoisotopic (exact) mass is 443 g/mol. The highest BCUT2D eigenvalue weighted by Crippen LogP contribution is 2.32. The molecule has 1 fully saturated rings. The molecule has 7 heteroatoms. The molecule has 0 saturated carbocycles. The van der Waals surface area contributed by atoms with Crippen molar-refractivity contribution in [3.05, 3.63) is 53.1 Å². The van der Waals surface area contributed by atoms with Crippen LogP contribution in [-0.2, 0) is 16.4 Å². The number of anilines is 1. The summed E-state index contributed by atoms with van der Waals surface area (Å²) in [6, 6.07) is 11.9. The number of rotatable bonds is 7. The summed E-state index contributed by atoms with van der Waals surface area (Å²) in [5.74, 6) is 0.368. The van der Waals surface area contributed by atoms with E-state index < -0.39 is 10.0 Å². The van der Waals surface area contributed by atoms with Gasteiger partial charge in [0.2, 0.25) is 10.0 Å². The lowest BCUT2D eigenvalue weighted by atomic mass is 9.96. The number of hydrogen-bond donors (Lipinski definition) is 1. The predicted octanol–water partition coefficient (Wildman–Crippen LogP) is 3.50. The molecule has 2 aliphatic heterocycles. The standard InChI is InChI=1S/C24H33N3O3S/c1-18-8-11-23(30-3)24(15-18)31(28,29)25-17-22(27-13-4-5-14-27)20-9-10-21-19(16-20)7-6-12-26(21)2/h8-11,15-16,22,25H,4-7,12-14,17H2,1-3H3/t22-/m0/s1. The topological polar surface area (TPSA) is 61.9 Å². The molecule has 1 atom stereocenters. The number of ether oxygens (including phenoxy) is 1. The maximum Gasteiger partial charge on any atom is 0.244 e. The molecule has 2 aliphatic rings. The molecule has 0 radical (unpaired) electrons. The van der Waals surface area contributed by atoms with Gasteiger partial charge in [-0.15, -0.1) is 0 Å². The van der Waals surface area contributed by atoms with Crippen molar-refractivity contribution in [2.45, 2.75) is 43.5 Å². The van der Waals surface area contributed by atoms with Crippen molar-refractivity contribution in [1.82, 2.24) is 9.62 Å². The second-order valence-corrected chi connectivity index (χ2v) is 10.4. The first-order valence-corrected chi connectivity index (χ1v) is 12.6. The van der Waals surface area contributed by atoms with Crippen molar-refractivity contribution in [3.63, 3.8) is 0 Å². The zero-order chi connectivity index (χ0) is 22.0. The first-order chi connectivity index (χ1) is 14.9. The zero-order valence-electron chi connectivity index (χ0n) is 18.7. The Morgan fingerprint density at radius 3 is 2.58 bits per heavy atom. The fourth-order valence-electron chi connectivity index (χ4n) is 4.78. The predicted molar refractivity (Wildman–Crippen MR) is 125 cm³/mol. The lowest BCUT2D eigenvalue weighted by Crippen LogP contribution is -2.37. The first kappa shape index (κ1) is 22.1. The molecule has 2 heterocycles. The summed E-state index contributed by atoms with van der Waals surface area (Å²) in [5.41, 5.74) is 4.73.